The van der Waals surface area contributed by atoms with Crippen LogP contribution in [0.2, 0.25) is 0 Å². The lowest BCUT2D eigenvalue weighted by Gasteiger charge is -2.35. The Morgan fingerprint density at radius 1 is 1.50 bits per heavy atom. The molecule has 0 bridgehead atoms. The summed E-state index contributed by atoms with van der Waals surface area (Å²) in [6.45, 7) is 1.62. The molecule has 0 radical (unpaired) electrons. The molecule has 1 aromatic rings. The average Bonchev–Trinajstić information content (AvgIpc) is 2.19. The lowest BCUT2D eigenvalue weighted by molar-refractivity contribution is -0.134. The number of rotatable bonds is 3. The van der Waals surface area contributed by atoms with Crippen molar-refractivity contribution < 1.29 is 23.4 Å². The predicted octanol–water partition coefficient (Wildman–Crippen LogP) is 3.47. The van der Waals surface area contributed by atoms with Gasteiger partial charge in [0.1, 0.15) is 11.9 Å². The van der Waals surface area contributed by atoms with Crippen LogP contribution in [-0.2, 0) is 0 Å². The summed E-state index contributed by atoms with van der Waals surface area (Å²) in [4.78, 5) is 11.1. The van der Waals surface area contributed by atoms with Gasteiger partial charge in [-0.15, -0.1) is 0 Å². The number of benzene rings is 1. The zero-order valence-electron chi connectivity index (χ0n) is 9.54. The Morgan fingerprint density at radius 2 is 2.11 bits per heavy atom. The minimum atomic E-state index is -2.64. The van der Waals surface area contributed by atoms with Gasteiger partial charge in [0.2, 0.25) is 0 Å². The number of carboxylic acid groups (broad SMARTS) is 1. The molecule has 6 heteroatoms. The fourth-order valence-corrected chi connectivity index (χ4v) is 2.73. The van der Waals surface area contributed by atoms with E-state index in [4.69, 9.17) is 9.84 Å². The van der Waals surface area contributed by atoms with Crippen molar-refractivity contribution in [3.8, 4) is 5.75 Å². The van der Waals surface area contributed by atoms with Gasteiger partial charge >= 0.3 is 5.97 Å². The largest absolute Gasteiger partial charge is 0.490 e. The monoisotopic (exact) mass is 368 g/mol. The topological polar surface area (TPSA) is 46.5 Å². The molecule has 0 saturated heterocycles. The van der Waals surface area contributed by atoms with Crippen LogP contribution in [0.25, 0.3) is 0 Å². The van der Waals surface area contributed by atoms with Crippen LogP contribution in [0.15, 0.2) is 12.1 Å². The van der Waals surface area contributed by atoms with Crippen LogP contribution < -0.4 is 4.74 Å². The highest BCUT2D eigenvalue weighted by atomic mass is 127. The molecule has 1 fully saturated rings. The summed E-state index contributed by atoms with van der Waals surface area (Å²) in [5, 5.41) is 9.08. The molecule has 18 heavy (non-hydrogen) atoms. The lowest BCUT2D eigenvalue weighted by Crippen LogP contribution is -2.43. The summed E-state index contributed by atoms with van der Waals surface area (Å²) in [6, 6.07) is 3.24. The predicted molar refractivity (Wildman–Crippen MR) is 69.5 cm³/mol. The Balaban J connectivity index is 2.20. The van der Waals surface area contributed by atoms with Crippen molar-refractivity contribution in [3.05, 3.63) is 26.8 Å². The first-order chi connectivity index (χ1) is 8.30. The van der Waals surface area contributed by atoms with Crippen LogP contribution in [0.3, 0.4) is 0 Å². The molecule has 0 aliphatic heterocycles. The molecule has 0 heterocycles. The van der Waals surface area contributed by atoms with Gasteiger partial charge in [0.25, 0.3) is 5.92 Å². The molecule has 0 aromatic heterocycles. The minimum Gasteiger partial charge on any atom is -0.490 e. The van der Waals surface area contributed by atoms with E-state index < -0.39 is 18.0 Å². The highest BCUT2D eigenvalue weighted by Gasteiger charge is 2.47. The summed E-state index contributed by atoms with van der Waals surface area (Å²) < 4.78 is 31.4. The highest BCUT2D eigenvalue weighted by Crippen LogP contribution is 2.40. The third-order valence-corrected chi connectivity index (χ3v) is 3.82. The molecule has 0 spiro atoms. The van der Waals surface area contributed by atoms with Crippen molar-refractivity contribution in [1.82, 2.24) is 0 Å². The minimum absolute atomic E-state index is 0.166. The van der Waals surface area contributed by atoms with Crippen LogP contribution in [0, 0.1) is 10.5 Å². The van der Waals surface area contributed by atoms with Gasteiger partial charge in [-0.2, -0.15) is 0 Å². The molecule has 0 amide bonds. The van der Waals surface area contributed by atoms with Crippen molar-refractivity contribution in [2.24, 2.45) is 0 Å². The number of hydrogen-bond acceptors (Lipinski definition) is 2. The molecule has 98 valence electrons. The Hall–Kier alpha value is -0.920. The molecular formula is C12H11F2IO3. The number of aromatic carboxylic acids is 1. The van der Waals surface area contributed by atoms with Crippen LogP contribution in [0.5, 0.6) is 5.75 Å². The molecule has 2 rings (SSSR count). The van der Waals surface area contributed by atoms with E-state index in [2.05, 4.69) is 0 Å². The zero-order chi connectivity index (χ0) is 13.5. The van der Waals surface area contributed by atoms with E-state index in [-0.39, 0.29) is 18.4 Å². The maximum atomic E-state index is 12.7. The first kappa shape index (κ1) is 13.5. The lowest BCUT2D eigenvalue weighted by atomic mass is 9.91. The average molecular weight is 368 g/mol. The van der Waals surface area contributed by atoms with Crippen molar-refractivity contribution in [2.75, 3.05) is 0 Å². The standard InChI is InChI=1S/C12H11F2IO3/c1-6-9(18-7-4-12(13,14)5-7)3-2-8(15)10(6)11(16)17/h2-3,7H,4-5H2,1H3,(H,16,17). The molecule has 1 saturated carbocycles. The van der Waals surface area contributed by atoms with Crippen molar-refractivity contribution in [2.45, 2.75) is 31.8 Å². The fraction of sp³-hybridized carbons (Fsp3) is 0.417. The van der Waals surface area contributed by atoms with Crippen LogP contribution in [0.4, 0.5) is 8.78 Å². The molecule has 0 unspecified atom stereocenters. The Labute approximate surface area is 116 Å². The third-order valence-electron chi connectivity index (χ3n) is 2.92. The summed E-state index contributed by atoms with van der Waals surface area (Å²) in [5.41, 5.74) is 0.642. The van der Waals surface area contributed by atoms with Gasteiger partial charge in [0.05, 0.1) is 5.56 Å². The maximum Gasteiger partial charge on any atom is 0.337 e. The van der Waals surface area contributed by atoms with Gasteiger partial charge in [-0.3, -0.25) is 0 Å². The van der Waals surface area contributed by atoms with Gasteiger partial charge in [0.15, 0.2) is 0 Å². The number of carbonyl (C=O) groups is 1. The summed E-state index contributed by atoms with van der Waals surface area (Å²) in [5.74, 6) is -3.31. The van der Waals surface area contributed by atoms with Crippen molar-refractivity contribution in [1.29, 1.82) is 0 Å². The first-order valence-electron chi connectivity index (χ1n) is 5.37. The second kappa shape index (κ2) is 4.64. The SMILES string of the molecule is Cc1c(OC2CC(F)(F)C2)ccc(I)c1C(=O)O. The summed E-state index contributed by atoms with van der Waals surface area (Å²) in [7, 11) is 0. The fourth-order valence-electron chi connectivity index (χ4n) is 1.92. The van der Waals surface area contributed by atoms with Crippen molar-refractivity contribution >= 4 is 28.6 Å². The number of carboxylic acids is 1. The third kappa shape index (κ3) is 2.57. The van der Waals surface area contributed by atoms with E-state index >= 15 is 0 Å². The van der Waals surface area contributed by atoms with Gasteiger partial charge in [0, 0.05) is 22.0 Å². The van der Waals surface area contributed by atoms with E-state index in [1.54, 1.807) is 19.1 Å². The smallest absolute Gasteiger partial charge is 0.337 e. The molecule has 1 aliphatic carbocycles. The normalized spacial score (nSPS) is 18.2. The molecule has 1 aromatic carbocycles. The number of alkyl halides is 2. The summed E-state index contributed by atoms with van der Waals surface area (Å²) in [6.07, 6.45) is -1.14. The molecule has 3 nitrogen and oxygen atoms in total. The molecule has 0 atom stereocenters. The Kier molecular flexibility index (Phi) is 3.48. The van der Waals surface area contributed by atoms with Crippen molar-refractivity contribution in [3.63, 3.8) is 0 Å². The second-order valence-corrected chi connectivity index (χ2v) is 5.52. The quantitative estimate of drug-likeness (QED) is 0.832. The van der Waals surface area contributed by atoms with E-state index in [1.807, 2.05) is 22.6 Å². The first-order valence-corrected chi connectivity index (χ1v) is 6.45. The second-order valence-electron chi connectivity index (χ2n) is 4.35. The van der Waals surface area contributed by atoms with Gasteiger partial charge in [-0.05, 0) is 41.6 Å². The zero-order valence-corrected chi connectivity index (χ0v) is 11.7. The van der Waals surface area contributed by atoms with E-state index in [9.17, 15) is 13.6 Å². The molecule has 1 N–H and O–H groups in total. The highest BCUT2D eigenvalue weighted by molar-refractivity contribution is 14.1. The Morgan fingerprint density at radius 3 is 2.61 bits per heavy atom. The van der Waals surface area contributed by atoms with E-state index in [1.165, 1.54) is 0 Å². The molecule has 1 aliphatic rings. The van der Waals surface area contributed by atoms with E-state index in [0.717, 1.165) is 0 Å². The number of halogens is 3. The van der Waals surface area contributed by atoms with Crippen LogP contribution in [-0.4, -0.2) is 23.1 Å². The summed E-state index contributed by atoms with van der Waals surface area (Å²) >= 11 is 1.92. The van der Waals surface area contributed by atoms with E-state index in [0.29, 0.717) is 14.9 Å². The number of ether oxygens (including phenoxy) is 1. The maximum absolute atomic E-state index is 12.7. The Bertz CT molecular complexity index is 494. The number of hydrogen-bond donors (Lipinski definition) is 1. The molecular weight excluding hydrogens is 357 g/mol. The van der Waals surface area contributed by atoms with Gasteiger partial charge in [-0.25, -0.2) is 13.6 Å². The van der Waals surface area contributed by atoms with Crippen LogP contribution in [0.1, 0.15) is 28.8 Å². The van der Waals surface area contributed by atoms with Gasteiger partial charge < -0.3 is 9.84 Å². The van der Waals surface area contributed by atoms with Gasteiger partial charge in [-0.1, -0.05) is 0 Å². The van der Waals surface area contributed by atoms with Crippen LogP contribution >= 0.6 is 22.6 Å².